The van der Waals surface area contributed by atoms with E-state index in [1.807, 2.05) is 89.5 Å². The molecule has 0 fully saturated rings. The number of hydrogen-bond donors (Lipinski definition) is 3. The van der Waals surface area contributed by atoms with Gasteiger partial charge in [0, 0.05) is 83.8 Å². The van der Waals surface area contributed by atoms with E-state index in [0.29, 0.717) is 55.7 Å². The average Bonchev–Trinajstić information content (AvgIpc) is 4.10. The summed E-state index contributed by atoms with van der Waals surface area (Å²) in [6, 6.07) is 7.31. The second-order valence-electron chi connectivity index (χ2n) is 14.6. The molecule has 0 bridgehead atoms. The zero-order valence-electron chi connectivity index (χ0n) is 35.4. The van der Waals surface area contributed by atoms with E-state index in [9.17, 15) is 14.7 Å². The van der Waals surface area contributed by atoms with Crippen LogP contribution >= 0.6 is 0 Å². The molecule has 2 amide bonds. The molecule has 0 spiro atoms. The Kier molecular flexibility index (Phi) is 12.2. The highest BCUT2D eigenvalue weighted by molar-refractivity contribution is 6.00. The fourth-order valence-corrected chi connectivity index (χ4v) is 7.28. The van der Waals surface area contributed by atoms with Crippen LogP contribution in [0.25, 0.3) is 67.6 Å². The van der Waals surface area contributed by atoms with Crippen molar-refractivity contribution in [3.8, 4) is 45.8 Å². The lowest BCUT2D eigenvalue weighted by Crippen LogP contribution is -2.14. The van der Waals surface area contributed by atoms with Crippen LogP contribution in [0.15, 0.2) is 49.1 Å². The highest BCUT2D eigenvalue weighted by atomic mass is 16.5. The number of rotatable bonds is 15. The summed E-state index contributed by atoms with van der Waals surface area (Å²) < 4.78 is 16.3. The van der Waals surface area contributed by atoms with Crippen LogP contribution in [-0.4, -0.2) is 105 Å². The smallest absolute Gasteiger partial charge is 0.267 e. The zero-order chi connectivity index (χ0) is 43.5. The van der Waals surface area contributed by atoms with Crippen molar-refractivity contribution in [3.63, 3.8) is 0 Å². The number of ether oxygens (including phenoxy) is 1. The lowest BCUT2D eigenvalue weighted by molar-refractivity contribution is 0.0987. The molecule has 0 radical (unpaired) electrons. The topological polar surface area (TPSA) is 248 Å². The molecule has 8 aromatic rings. The lowest BCUT2D eigenvalue weighted by Gasteiger charge is -2.06. The van der Waals surface area contributed by atoms with Crippen LogP contribution in [0.2, 0.25) is 0 Å². The molecule has 8 aromatic heterocycles. The predicted molar refractivity (Wildman–Crippen MR) is 228 cm³/mol. The third-order valence-electron chi connectivity index (χ3n) is 10.1. The van der Waals surface area contributed by atoms with Gasteiger partial charge in [-0.15, -0.1) is 0 Å². The largest absolute Gasteiger partial charge is 0.396 e. The van der Waals surface area contributed by atoms with Gasteiger partial charge in [-0.2, -0.15) is 20.4 Å². The van der Waals surface area contributed by atoms with Gasteiger partial charge in [-0.05, 0) is 64.8 Å². The molecule has 8 rings (SSSR count). The number of amides is 2. The van der Waals surface area contributed by atoms with Gasteiger partial charge >= 0.3 is 0 Å². The van der Waals surface area contributed by atoms with Gasteiger partial charge in [0.15, 0.2) is 11.6 Å². The predicted octanol–water partition coefficient (Wildman–Crippen LogP) is 3.66. The summed E-state index contributed by atoms with van der Waals surface area (Å²) in [7, 11) is 5.47. The van der Waals surface area contributed by atoms with Crippen LogP contribution in [0.4, 0.5) is 0 Å². The van der Waals surface area contributed by atoms with E-state index in [2.05, 4.69) is 30.4 Å². The molecular weight excluding hydrogens is 781 g/mol. The summed E-state index contributed by atoms with van der Waals surface area (Å²) in [5, 5.41) is 28.7. The number of nitrogens with zero attached hydrogens (tertiary/aromatic N) is 14. The number of pyridine rings is 2. The number of aromatic nitrogens is 14. The quantitative estimate of drug-likeness (QED) is 0.125. The maximum atomic E-state index is 11.9. The minimum atomic E-state index is -0.603. The molecule has 0 atom stereocenters. The first-order valence-electron chi connectivity index (χ1n) is 19.9. The Morgan fingerprint density at radius 1 is 0.672 bits per heavy atom. The van der Waals surface area contributed by atoms with Crippen molar-refractivity contribution in [2.45, 2.75) is 66.7 Å². The van der Waals surface area contributed by atoms with Gasteiger partial charge in [-0.25, -0.2) is 19.9 Å². The third-order valence-corrected chi connectivity index (χ3v) is 10.1. The number of carbonyl (C=O) groups is 2. The molecule has 0 unspecified atom stereocenters. The van der Waals surface area contributed by atoms with Gasteiger partial charge in [-0.3, -0.25) is 28.3 Å². The van der Waals surface area contributed by atoms with Crippen LogP contribution in [0.5, 0.6) is 0 Å². The van der Waals surface area contributed by atoms with E-state index < -0.39 is 11.8 Å². The molecule has 61 heavy (non-hydrogen) atoms. The summed E-state index contributed by atoms with van der Waals surface area (Å²) in [4.78, 5) is 42.5. The molecule has 5 N–H and O–H groups in total. The maximum absolute atomic E-state index is 11.9. The van der Waals surface area contributed by atoms with Crippen molar-refractivity contribution in [2.24, 2.45) is 25.6 Å². The monoisotopic (exact) mass is 830 g/mol. The molecular formula is C41H50N16O4. The van der Waals surface area contributed by atoms with Crippen LogP contribution in [-0.2, 0) is 45.0 Å². The van der Waals surface area contributed by atoms with E-state index in [-0.39, 0.29) is 18.0 Å². The number of aryl methyl sites for hydroxylation is 8. The normalized spacial score (nSPS) is 11.5. The third kappa shape index (κ3) is 8.39. The Hall–Kier alpha value is -7.06. The molecule has 8 heterocycles. The zero-order valence-corrected chi connectivity index (χ0v) is 35.4. The number of primary amides is 2. The van der Waals surface area contributed by atoms with E-state index >= 15 is 0 Å². The molecule has 20 nitrogen and oxygen atoms in total. The number of carbonyl (C=O) groups excluding carboxylic acids is 2. The number of fused-ring (bicyclic) bond motifs is 2. The number of aliphatic hydroxyl groups is 1. The molecule has 0 saturated carbocycles. The molecule has 318 valence electrons. The van der Waals surface area contributed by atoms with Gasteiger partial charge in [0.1, 0.15) is 34.2 Å². The van der Waals surface area contributed by atoms with Crippen LogP contribution in [0.3, 0.4) is 0 Å². The van der Waals surface area contributed by atoms with E-state index in [0.717, 1.165) is 68.9 Å². The summed E-state index contributed by atoms with van der Waals surface area (Å²) in [6.07, 6.45) is 8.77. The first-order valence-corrected chi connectivity index (χ1v) is 19.9. The van der Waals surface area contributed by atoms with E-state index in [1.165, 1.54) is 0 Å². The number of aliphatic hydroxyl groups excluding tert-OH is 1. The average molecular weight is 831 g/mol. The van der Waals surface area contributed by atoms with Crippen LogP contribution in [0.1, 0.15) is 59.1 Å². The highest BCUT2D eigenvalue weighted by Crippen LogP contribution is 2.32. The second-order valence-corrected chi connectivity index (χ2v) is 14.6. The first kappa shape index (κ1) is 42.1. The minimum absolute atomic E-state index is 0.0923. The van der Waals surface area contributed by atoms with Crippen LogP contribution < -0.4 is 11.5 Å². The summed E-state index contributed by atoms with van der Waals surface area (Å²) in [5.41, 5.74) is 19.2. The van der Waals surface area contributed by atoms with Crippen molar-refractivity contribution in [1.82, 2.24) is 68.2 Å². The fourth-order valence-electron chi connectivity index (χ4n) is 7.28. The summed E-state index contributed by atoms with van der Waals surface area (Å²) >= 11 is 0. The van der Waals surface area contributed by atoms with Gasteiger partial charge in [0.25, 0.3) is 11.8 Å². The minimum Gasteiger partial charge on any atom is -0.396 e. The second kappa shape index (κ2) is 17.7. The van der Waals surface area contributed by atoms with Gasteiger partial charge in [0.2, 0.25) is 0 Å². The lowest BCUT2D eigenvalue weighted by atomic mass is 10.2. The van der Waals surface area contributed by atoms with E-state index in [4.69, 9.17) is 26.2 Å². The number of hydrogen-bond acceptors (Lipinski definition) is 12. The van der Waals surface area contributed by atoms with Gasteiger partial charge in [-0.1, -0.05) is 0 Å². The molecule has 0 aliphatic carbocycles. The Labute approximate surface area is 350 Å². The highest BCUT2D eigenvalue weighted by Gasteiger charge is 2.22. The van der Waals surface area contributed by atoms with E-state index in [1.54, 1.807) is 36.3 Å². The SMILES string of the molecule is CCn1ncc2c(-c3nc(-c4cc(C)nn4CCCO)cn3C)nc(C(N)=O)cc21.CCn1ncc2c(-c3nc(-c4cc(C)nn4CCCOC)cn3C)nc(C(N)=O)cc21. The maximum Gasteiger partial charge on any atom is 0.267 e. The number of methoxy groups -OCH3 is 1. The fraction of sp³-hybridized carbons (Fsp3) is 0.366. The molecule has 0 saturated heterocycles. The Morgan fingerprint density at radius 2 is 1.11 bits per heavy atom. The van der Waals surface area contributed by atoms with Crippen molar-refractivity contribution in [2.75, 3.05) is 20.3 Å². The molecule has 0 aliphatic rings. The standard InChI is InChI=1S/C21H26N8O2.C20H24N8O2/c1-5-28-17-10-15(20(22)30)24-19(14(17)11-23-28)21-25-16(12-27(21)3)18-9-13(2)26-29(18)7-6-8-31-4;1-4-27-16-9-14(19(21)30)23-18(13(16)10-22-27)20-24-15(11-26(20)3)17-8-12(2)25-28(17)6-5-7-29/h9-12H,5-8H2,1-4H3,(H2,22,30);8-11,29H,4-7H2,1-3H3,(H2,21,30). The summed E-state index contributed by atoms with van der Waals surface area (Å²) in [6.45, 7) is 11.2. The van der Waals surface area contributed by atoms with Crippen molar-refractivity contribution in [3.05, 3.63) is 71.8 Å². The van der Waals surface area contributed by atoms with Gasteiger partial charge < -0.3 is 30.4 Å². The number of nitrogens with two attached hydrogens (primary N) is 2. The van der Waals surface area contributed by atoms with Crippen molar-refractivity contribution in [1.29, 1.82) is 0 Å². The Morgan fingerprint density at radius 3 is 1.51 bits per heavy atom. The number of imidazole rings is 2. The van der Waals surface area contributed by atoms with Crippen molar-refractivity contribution < 1.29 is 19.4 Å². The van der Waals surface area contributed by atoms with Gasteiger partial charge in [0.05, 0.1) is 46.2 Å². The molecule has 0 aliphatic heterocycles. The molecule has 0 aromatic carbocycles. The van der Waals surface area contributed by atoms with Crippen LogP contribution in [0, 0.1) is 13.8 Å². The summed E-state index contributed by atoms with van der Waals surface area (Å²) in [5.74, 6) is 0.0322. The Balaban J connectivity index is 0.000000184. The first-order chi connectivity index (χ1) is 29.3. The Bertz CT molecular complexity index is 2870. The molecule has 20 heteroatoms. The van der Waals surface area contributed by atoms with Crippen molar-refractivity contribution >= 4 is 33.6 Å².